The normalized spacial score (nSPS) is 22.5. The zero-order chi connectivity index (χ0) is 24.3. The minimum atomic E-state index is -0.541. The van der Waals surface area contributed by atoms with E-state index in [-0.39, 0.29) is 11.0 Å². The van der Waals surface area contributed by atoms with Crippen LogP contribution in [0.5, 0.6) is 0 Å². The molecule has 6 nitrogen and oxygen atoms in total. The third-order valence-electron chi connectivity index (χ3n) is 5.70. The monoisotopic (exact) mass is 457 g/mol. The molecule has 0 unspecified atom stereocenters. The highest BCUT2D eigenvalue weighted by Gasteiger charge is 2.35. The molecule has 6 heteroatoms. The summed E-state index contributed by atoms with van der Waals surface area (Å²) in [6, 6.07) is 1.97. The molecule has 3 rings (SSSR count). The molecule has 0 radical (unpaired) electrons. The fraction of sp³-hybridized carbons (Fsp3) is 0.778. The van der Waals surface area contributed by atoms with E-state index in [1.165, 1.54) is 0 Å². The Bertz CT molecular complexity index is 831. The molecule has 1 aliphatic carbocycles. The molecule has 1 saturated heterocycles. The smallest absolute Gasteiger partial charge is 0.206 e. The Balaban J connectivity index is 1.47. The van der Waals surface area contributed by atoms with Gasteiger partial charge >= 0.3 is 0 Å². The Hall–Kier alpha value is -1.68. The Morgan fingerprint density at radius 2 is 1.64 bits per heavy atom. The molecule has 1 aliphatic heterocycles. The molecule has 1 saturated carbocycles. The van der Waals surface area contributed by atoms with Crippen LogP contribution >= 0.6 is 0 Å². The van der Waals surface area contributed by atoms with E-state index in [1.807, 2.05) is 19.9 Å². The molecule has 2 heterocycles. The number of ether oxygens (including phenoxy) is 3. The van der Waals surface area contributed by atoms with Gasteiger partial charge in [-0.2, -0.15) is 0 Å². The largest absolute Gasteiger partial charge is 0.375 e. The van der Waals surface area contributed by atoms with Crippen molar-refractivity contribution in [2.24, 2.45) is 5.41 Å². The molecule has 0 atom stereocenters. The Morgan fingerprint density at radius 1 is 0.970 bits per heavy atom. The molecule has 0 bridgehead atoms. The zero-order valence-corrected chi connectivity index (χ0v) is 21.9. The van der Waals surface area contributed by atoms with Crippen molar-refractivity contribution in [3.8, 4) is 11.8 Å². The van der Waals surface area contributed by atoms with Crippen molar-refractivity contribution in [1.29, 1.82) is 0 Å². The van der Waals surface area contributed by atoms with Gasteiger partial charge in [0.25, 0.3) is 0 Å². The third-order valence-corrected chi connectivity index (χ3v) is 5.70. The van der Waals surface area contributed by atoms with E-state index in [1.54, 1.807) is 6.20 Å². The van der Waals surface area contributed by atoms with Gasteiger partial charge in [0, 0.05) is 19.3 Å². The van der Waals surface area contributed by atoms with Gasteiger partial charge in [0.05, 0.1) is 30.5 Å². The number of hydrogen-bond acceptors (Lipinski definition) is 6. The molecule has 0 N–H and O–H groups in total. The van der Waals surface area contributed by atoms with Crippen LogP contribution < -0.4 is 4.90 Å². The summed E-state index contributed by atoms with van der Waals surface area (Å²) in [6.45, 7) is 19.3. The summed E-state index contributed by atoms with van der Waals surface area (Å²) >= 11 is 0. The van der Waals surface area contributed by atoms with Gasteiger partial charge in [-0.05, 0) is 77.7 Å². The van der Waals surface area contributed by atoms with Crippen molar-refractivity contribution in [3.05, 3.63) is 18.1 Å². The summed E-state index contributed by atoms with van der Waals surface area (Å²) in [7, 11) is 0. The Labute approximate surface area is 200 Å². The standard InChI is InChI=1S/C27H43N3O3/c1-25(2,3)19-31-27(7,8)13-9-23-28-14-10-24(29-23)30-15-11-20(12-16-30)32-21-17-22(18-21)33-26(4,5)6/h10,14,20-22H,11-12,15-19H2,1-8H3. The van der Waals surface area contributed by atoms with E-state index in [0.717, 1.165) is 44.6 Å². The van der Waals surface area contributed by atoms with Crippen molar-refractivity contribution < 1.29 is 14.2 Å². The number of rotatable bonds is 6. The Morgan fingerprint density at radius 3 is 2.24 bits per heavy atom. The predicted octanol–water partition coefficient (Wildman–Crippen LogP) is 5.00. The first-order chi connectivity index (χ1) is 15.3. The molecule has 2 fully saturated rings. The van der Waals surface area contributed by atoms with E-state index < -0.39 is 5.60 Å². The van der Waals surface area contributed by atoms with Crippen molar-refractivity contribution in [1.82, 2.24) is 9.97 Å². The molecular formula is C27H43N3O3. The molecular weight excluding hydrogens is 414 g/mol. The maximum atomic E-state index is 6.33. The van der Waals surface area contributed by atoms with E-state index in [9.17, 15) is 0 Å². The van der Waals surface area contributed by atoms with Gasteiger partial charge in [0.1, 0.15) is 11.4 Å². The van der Waals surface area contributed by atoms with E-state index in [4.69, 9.17) is 19.2 Å². The van der Waals surface area contributed by atoms with Crippen LogP contribution in [0.1, 0.15) is 86.9 Å². The van der Waals surface area contributed by atoms with Gasteiger partial charge in [0.2, 0.25) is 5.82 Å². The average Bonchev–Trinajstić information content (AvgIpc) is 2.69. The predicted molar refractivity (Wildman–Crippen MR) is 132 cm³/mol. The summed E-state index contributed by atoms with van der Waals surface area (Å²) in [4.78, 5) is 11.3. The van der Waals surface area contributed by atoms with Crippen LogP contribution in [0.3, 0.4) is 0 Å². The van der Waals surface area contributed by atoms with Gasteiger partial charge in [-0.3, -0.25) is 0 Å². The third kappa shape index (κ3) is 8.88. The highest BCUT2D eigenvalue weighted by Crippen LogP contribution is 2.32. The molecule has 184 valence electrons. The SMILES string of the molecule is CC(C)(C)COC(C)(C)C#Cc1nccc(N2CCC(OC3CC(OC(C)(C)C)C3)CC2)n1. The van der Waals surface area contributed by atoms with E-state index in [0.29, 0.717) is 30.7 Å². The van der Waals surface area contributed by atoms with Gasteiger partial charge < -0.3 is 19.1 Å². The summed E-state index contributed by atoms with van der Waals surface area (Å²) in [6.07, 6.45) is 6.87. The van der Waals surface area contributed by atoms with Crippen LogP contribution in [0.25, 0.3) is 0 Å². The van der Waals surface area contributed by atoms with E-state index >= 15 is 0 Å². The number of hydrogen-bond donors (Lipinski definition) is 0. The maximum absolute atomic E-state index is 6.33. The first kappa shape index (κ1) is 25.9. The molecule has 0 amide bonds. The van der Waals surface area contributed by atoms with Crippen LogP contribution in [0, 0.1) is 17.3 Å². The summed E-state index contributed by atoms with van der Waals surface area (Å²) in [5, 5.41) is 0. The lowest BCUT2D eigenvalue weighted by Gasteiger charge is -2.42. The van der Waals surface area contributed by atoms with Crippen LogP contribution in [0.15, 0.2) is 12.3 Å². The van der Waals surface area contributed by atoms with E-state index in [2.05, 4.69) is 63.3 Å². The van der Waals surface area contributed by atoms with Gasteiger partial charge in [-0.15, -0.1) is 0 Å². The average molecular weight is 458 g/mol. The zero-order valence-electron chi connectivity index (χ0n) is 21.9. The van der Waals surface area contributed by atoms with Crippen LogP contribution in [0.2, 0.25) is 0 Å². The second-order valence-corrected chi connectivity index (χ2v) is 12.1. The molecule has 33 heavy (non-hydrogen) atoms. The number of aromatic nitrogens is 2. The van der Waals surface area contributed by atoms with Gasteiger partial charge in [-0.25, -0.2) is 9.97 Å². The lowest BCUT2D eigenvalue weighted by Crippen LogP contribution is -2.45. The highest BCUT2D eigenvalue weighted by atomic mass is 16.5. The second-order valence-electron chi connectivity index (χ2n) is 12.1. The second kappa shape index (κ2) is 10.3. The number of piperidine rings is 1. The minimum absolute atomic E-state index is 0.0725. The minimum Gasteiger partial charge on any atom is -0.375 e. The molecule has 1 aromatic rings. The van der Waals surface area contributed by atoms with Gasteiger partial charge in [0.15, 0.2) is 0 Å². The quantitative estimate of drug-likeness (QED) is 0.560. The Kier molecular flexibility index (Phi) is 8.09. The summed E-state index contributed by atoms with van der Waals surface area (Å²) in [5.41, 5.74) is -0.510. The fourth-order valence-electron chi connectivity index (χ4n) is 3.94. The highest BCUT2D eigenvalue weighted by molar-refractivity contribution is 5.40. The summed E-state index contributed by atoms with van der Waals surface area (Å²) < 4.78 is 18.3. The van der Waals surface area contributed by atoms with Crippen molar-refractivity contribution in [2.45, 2.75) is 111 Å². The van der Waals surface area contributed by atoms with Crippen LogP contribution in [0.4, 0.5) is 5.82 Å². The van der Waals surface area contributed by atoms with Crippen molar-refractivity contribution in [2.75, 3.05) is 24.6 Å². The molecule has 0 spiro atoms. The van der Waals surface area contributed by atoms with Crippen molar-refractivity contribution >= 4 is 5.82 Å². The molecule has 1 aromatic heterocycles. The van der Waals surface area contributed by atoms with Crippen LogP contribution in [-0.2, 0) is 14.2 Å². The fourth-order valence-corrected chi connectivity index (χ4v) is 3.94. The first-order valence-corrected chi connectivity index (χ1v) is 12.4. The lowest BCUT2D eigenvalue weighted by molar-refractivity contribution is -0.164. The molecule has 2 aliphatic rings. The summed E-state index contributed by atoms with van der Waals surface area (Å²) in [5.74, 6) is 7.77. The first-order valence-electron chi connectivity index (χ1n) is 12.4. The van der Waals surface area contributed by atoms with Crippen molar-refractivity contribution in [3.63, 3.8) is 0 Å². The number of nitrogens with zero attached hydrogens (tertiary/aromatic N) is 3. The van der Waals surface area contributed by atoms with Crippen LogP contribution in [-0.4, -0.2) is 59.2 Å². The van der Waals surface area contributed by atoms with Gasteiger partial charge in [-0.1, -0.05) is 26.7 Å². The lowest BCUT2D eigenvalue weighted by atomic mass is 9.90. The molecule has 0 aromatic carbocycles. The number of anilines is 1. The topological polar surface area (TPSA) is 56.7 Å². The maximum Gasteiger partial charge on any atom is 0.206 e.